The summed E-state index contributed by atoms with van der Waals surface area (Å²) in [6.07, 6.45) is 3.60. The van der Waals surface area contributed by atoms with Gasteiger partial charge in [-0.2, -0.15) is 0 Å². The highest BCUT2D eigenvalue weighted by Crippen LogP contribution is 2.45. The van der Waals surface area contributed by atoms with Gasteiger partial charge in [-0.1, -0.05) is 19.1 Å². The van der Waals surface area contributed by atoms with Crippen molar-refractivity contribution < 1.29 is 24.2 Å². The maximum absolute atomic E-state index is 13.0. The molecule has 0 amide bonds. The number of hydrogen-bond donors (Lipinski definition) is 2. The lowest BCUT2D eigenvalue weighted by Gasteiger charge is -2.38. The van der Waals surface area contributed by atoms with Gasteiger partial charge in [0.2, 0.25) is 0 Å². The molecule has 0 aromatic heterocycles. The summed E-state index contributed by atoms with van der Waals surface area (Å²) < 4.78 is 10.7. The number of phenolic OH excluding ortho intramolecular Hbond substituents is 1. The summed E-state index contributed by atoms with van der Waals surface area (Å²) in [7, 11) is 1.48. The number of rotatable bonds is 5. The van der Waals surface area contributed by atoms with Crippen molar-refractivity contribution in [1.82, 2.24) is 5.32 Å². The van der Waals surface area contributed by atoms with Gasteiger partial charge in [0.1, 0.15) is 5.78 Å². The van der Waals surface area contributed by atoms with E-state index >= 15 is 0 Å². The number of phenols is 1. The Balaban J connectivity index is 2.13. The molecule has 2 N–H and O–H groups in total. The lowest BCUT2D eigenvalue weighted by molar-refractivity contribution is -0.144. The highest BCUT2D eigenvalue weighted by Gasteiger charge is 2.43. The molecular weight excluding hydrogens is 358 g/mol. The fourth-order valence-corrected chi connectivity index (χ4v) is 3.87. The van der Waals surface area contributed by atoms with Crippen LogP contribution in [0.1, 0.15) is 51.5 Å². The molecule has 28 heavy (non-hydrogen) atoms. The zero-order chi connectivity index (χ0) is 20.4. The van der Waals surface area contributed by atoms with Gasteiger partial charge in [0.25, 0.3) is 0 Å². The molecule has 150 valence electrons. The Morgan fingerprint density at radius 2 is 2.11 bits per heavy atom. The Hall–Kier alpha value is -2.76. The number of aromatic hydroxyl groups is 1. The third kappa shape index (κ3) is 3.63. The van der Waals surface area contributed by atoms with Crippen LogP contribution in [0.2, 0.25) is 0 Å². The fraction of sp³-hybridized carbons (Fsp3) is 0.455. The van der Waals surface area contributed by atoms with Crippen molar-refractivity contribution in [3.63, 3.8) is 0 Å². The molecule has 3 unspecified atom stereocenters. The van der Waals surface area contributed by atoms with Crippen LogP contribution in [-0.2, 0) is 14.3 Å². The van der Waals surface area contributed by atoms with Crippen LogP contribution in [0.3, 0.4) is 0 Å². The summed E-state index contributed by atoms with van der Waals surface area (Å²) in [5, 5.41) is 13.5. The topological polar surface area (TPSA) is 84.9 Å². The van der Waals surface area contributed by atoms with Gasteiger partial charge in [-0.25, -0.2) is 4.79 Å². The van der Waals surface area contributed by atoms with E-state index in [1.165, 1.54) is 7.11 Å². The van der Waals surface area contributed by atoms with Crippen molar-refractivity contribution in [3.05, 3.63) is 46.8 Å². The Labute approximate surface area is 165 Å². The molecule has 0 saturated carbocycles. The molecule has 1 aromatic rings. The fourth-order valence-electron chi connectivity index (χ4n) is 3.87. The van der Waals surface area contributed by atoms with E-state index in [0.717, 1.165) is 5.70 Å². The third-order valence-corrected chi connectivity index (χ3v) is 5.48. The summed E-state index contributed by atoms with van der Waals surface area (Å²) in [6.45, 7) is 5.61. The molecule has 2 aliphatic rings. The Morgan fingerprint density at radius 1 is 1.36 bits per heavy atom. The van der Waals surface area contributed by atoms with E-state index in [4.69, 9.17) is 9.47 Å². The number of fused-ring (bicyclic) bond motifs is 1. The van der Waals surface area contributed by atoms with E-state index in [1.54, 1.807) is 18.2 Å². The van der Waals surface area contributed by atoms with Crippen LogP contribution in [0.15, 0.2) is 41.2 Å². The molecule has 1 aliphatic carbocycles. The quantitative estimate of drug-likeness (QED) is 0.754. The second-order valence-corrected chi connectivity index (χ2v) is 7.34. The molecule has 6 heteroatoms. The van der Waals surface area contributed by atoms with Crippen LogP contribution in [0, 0.1) is 5.92 Å². The zero-order valence-corrected chi connectivity index (χ0v) is 16.7. The van der Waals surface area contributed by atoms with Crippen molar-refractivity contribution in [3.8, 4) is 11.5 Å². The van der Waals surface area contributed by atoms with Crippen LogP contribution >= 0.6 is 0 Å². The molecule has 0 radical (unpaired) electrons. The summed E-state index contributed by atoms with van der Waals surface area (Å²) in [4.78, 5) is 25.8. The Morgan fingerprint density at radius 3 is 2.75 bits per heavy atom. The number of carbonyl (C=O) groups is 2. The molecule has 0 fully saturated rings. The van der Waals surface area contributed by atoms with E-state index in [2.05, 4.69) is 5.32 Å². The van der Waals surface area contributed by atoms with E-state index in [1.807, 2.05) is 26.8 Å². The average molecular weight is 385 g/mol. The van der Waals surface area contributed by atoms with Crippen molar-refractivity contribution in [2.75, 3.05) is 7.11 Å². The highest BCUT2D eigenvalue weighted by atomic mass is 16.5. The lowest BCUT2D eigenvalue weighted by atomic mass is 9.71. The number of hydrogen-bond acceptors (Lipinski definition) is 6. The molecule has 0 bridgehead atoms. The van der Waals surface area contributed by atoms with Crippen molar-refractivity contribution >= 4 is 11.8 Å². The van der Waals surface area contributed by atoms with Gasteiger partial charge in [-0.05, 0) is 44.4 Å². The first-order chi connectivity index (χ1) is 13.4. The first-order valence-electron chi connectivity index (χ1n) is 9.65. The largest absolute Gasteiger partial charge is 0.504 e. The molecular formula is C22H27NO5. The van der Waals surface area contributed by atoms with Gasteiger partial charge in [0.05, 0.1) is 24.7 Å². The molecule has 0 saturated heterocycles. The lowest BCUT2D eigenvalue weighted by Crippen LogP contribution is -2.41. The standard InChI is InChI=1S/C22H27NO5/c1-5-12(2)28-22(26)19-13(3)23-15-7-6-8-16(24)21(15)20(19)14-9-10-18(27-4)17(25)11-14/h7,9-12,20-21,23,25H,5-6,8H2,1-4H3. The van der Waals surface area contributed by atoms with Gasteiger partial charge in [0.15, 0.2) is 11.5 Å². The summed E-state index contributed by atoms with van der Waals surface area (Å²) in [5.74, 6) is -1.06. The number of ketones is 1. The zero-order valence-electron chi connectivity index (χ0n) is 16.7. The third-order valence-electron chi connectivity index (χ3n) is 5.48. The van der Waals surface area contributed by atoms with Gasteiger partial charge >= 0.3 is 5.97 Å². The van der Waals surface area contributed by atoms with Crippen LogP contribution < -0.4 is 10.1 Å². The number of Topliss-reactive ketones (excluding diaryl/α,β-unsaturated/α-hetero) is 1. The van der Waals surface area contributed by atoms with Crippen molar-refractivity contribution in [2.24, 2.45) is 5.92 Å². The molecule has 6 nitrogen and oxygen atoms in total. The minimum atomic E-state index is -0.520. The maximum atomic E-state index is 13.0. The van der Waals surface area contributed by atoms with Crippen LogP contribution in [0.5, 0.6) is 11.5 Å². The summed E-state index contributed by atoms with van der Waals surface area (Å²) >= 11 is 0. The first-order valence-corrected chi connectivity index (χ1v) is 9.65. The molecule has 1 aliphatic heterocycles. The second kappa shape index (κ2) is 8.09. The second-order valence-electron chi connectivity index (χ2n) is 7.34. The number of ether oxygens (including phenoxy) is 2. The van der Waals surface area contributed by atoms with Gasteiger partial charge < -0.3 is 19.9 Å². The predicted octanol–water partition coefficient (Wildman–Crippen LogP) is 3.57. The minimum absolute atomic E-state index is 0.0281. The van der Waals surface area contributed by atoms with E-state index in [0.29, 0.717) is 41.8 Å². The minimum Gasteiger partial charge on any atom is -0.504 e. The molecule has 0 spiro atoms. The predicted molar refractivity (Wildman–Crippen MR) is 105 cm³/mol. The number of allylic oxidation sites excluding steroid dienone is 3. The maximum Gasteiger partial charge on any atom is 0.336 e. The monoisotopic (exact) mass is 385 g/mol. The summed E-state index contributed by atoms with van der Waals surface area (Å²) in [5.41, 5.74) is 2.60. The SMILES string of the molecule is CCC(C)OC(=O)C1=C(C)NC2=CCCC(=O)C2C1c1ccc(OC)c(O)c1. The molecule has 3 atom stereocenters. The van der Waals surface area contributed by atoms with Crippen molar-refractivity contribution in [1.29, 1.82) is 0 Å². The Kier molecular flexibility index (Phi) is 5.77. The van der Waals surface area contributed by atoms with Crippen LogP contribution in [0.4, 0.5) is 0 Å². The van der Waals surface area contributed by atoms with Gasteiger partial charge in [0, 0.05) is 23.7 Å². The normalized spacial score (nSPS) is 22.7. The molecule has 1 heterocycles. The van der Waals surface area contributed by atoms with E-state index in [-0.39, 0.29) is 17.6 Å². The van der Waals surface area contributed by atoms with Gasteiger partial charge in [-0.15, -0.1) is 0 Å². The van der Waals surface area contributed by atoms with E-state index < -0.39 is 17.8 Å². The Bertz CT molecular complexity index is 854. The number of esters is 1. The average Bonchev–Trinajstić information content (AvgIpc) is 2.66. The van der Waals surface area contributed by atoms with Crippen LogP contribution in [0.25, 0.3) is 0 Å². The molecule has 1 aromatic carbocycles. The highest BCUT2D eigenvalue weighted by molar-refractivity contribution is 5.96. The van der Waals surface area contributed by atoms with Crippen LogP contribution in [-0.4, -0.2) is 30.1 Å². The number of carbonyl (C=O) groups excluding carboxylic acids is 2. The number of benzene rings is 1. The number of nitrogens with one attached hydrogen (secondary N) is 1. The molecule has 3 rings (SSSR count). The van der Waals surface area contributed by atoms with Gasteiger partial charge in [-0.3, -0.25) is 4.79 Å². The summed E-state index contributed by atoms with van der Waals surface area (Å²) in [6, 6.07) is 5.01. The smallest absolute Gasteiger partial charge is 0.336 e. The van der Waals surface area contributed by atoms with Crippen molar-refractivity contribution in [2.45, 2.75) is 52.1 Å². The first kappa shape index (κ1) is 20.0. The van der Waals surface area contributed by atoms with E-state index in [9.17, 15) is 14.7 Å². The number of methoxy groups -OCH3 is 1.